The van der Waals surface area contributed by atoms with Crippen molar-refractivity contribution in [2.24, 2.45) is 0 Å². The van der Waals surface area contributed by atoms with Crippen LogP contribution in [-0.4, -0.2) is 36.2 Å². The lowest BCUT2D eigenvalue weighted by atomic mass is 10.2. The molecule has 3 rings (SSSR count). The molecule has 0 saturated carbocycles. The van der Waals surface area contributed by atoms with Crippen molar-refractivity contribution in [1.82, 2.24) is 5.32 Å². The Balaban J connectivity index is 1.53. The van der Waals surface area contributed by atoms with Gasteiger partial charge in [-0.15, -0.1) is 11.8 Å². The van der Waals surface area contributed by atoms with E-state index < -0.39 is 18.0 Å². The van der Waals surface area contributed by atoms with Gasteiger partial charge in [-0.1, -0.05) is 24.3 Å². The maximum atomic E-state index is 12.9. The first-order valence-corrected chi connectivity index (χ1v) is 9.66. The molecule has 1 heterocycles. The molecule has 28 heavy (non-hydrogen) atoms. The second-order valence-electron chi connectivity index (χ2n) is 6.21. The summed E-state index contributed by atoms with van der Waals surface area (Å²) in [5, 5.41) is 2.63. The third-order valence-corrected chi connectivity index (χ3v) is 5.20. The van der Waals surface area contributed by atoms with Crippen LogP contribution in [0.2, 0.25) is 0 Å². The van der Waals surface area contributed by atoms with Crippen LogP contribution in [0.3, 0.4) is 0 Å². The first-order chi connectivity index (χ1) is 13.4. The number of rotatable bonds is 6. The van der Waals surface area contributed by atoms with Gasteiger partial charge in [-0.3, -0.25) is 19.3 Å². The fourth-order valence-electron chi connectivity index (χ4n) is 2.68. The van der Waals surface area contributed by atoms with Crippen molar-refractivity contribution in [3.05, 3.63) is 59.9 Å². The highest BCUT2D eigenvalue weighted by Gasteiger charge is 2.28. The molecular formula is C20H19FN2O4S. The van der Waals surface area contributed by atoms with Gasteiger partial charge < -0.3 is 10.1 Å². The lowest BCUT2D eigenvalue weighted by Gasteiger charge is -2.28. The summed E-state index contributed by atoms with van der Waals surface area (Å²) in [6, 6.07) is 13.0. The van der Waals surface area contributed by atoms with Crippen molar-refractivity contribution in [2.45, 2.75) is 24.5 Å². The average molecular weight is 402 g/mol. The number of nitrogens with one attached hydrogen (secondary N) is 1. The van der Waals surface area contributed by atoms with Crippen LogP contribution in [0.1, 0.15) is 12.5 Å². The molecule has 0 bridgehead atoms. The van der Waals surface area contributed by atoms with Crippen molar-refractivity contribution >= 4 is 35.2 Å². The minimum Gasteiger partial charge on any atom is -0.451 e. The molecule has 0 fully saturated rings. The molecule has 2 amide bonds. The van der Waals surface area contributed by atoms with Gasteiger partial charge in [0, 0.05) is 11.4 Å². The zero-order valence-corrected chi connectivity index (χ0v) is 16.0. The SMILES string of the molecule is C[C@H](OC(=O)CN1C(=O)CSc2ccccc21)C(=O)NCc1ccc(F)cc1. The molecule has 1 atom stereocenters. The first kappa shape index (κ1) is 19.9. The van der Waals surface area contributed by atoms with Crippen LogP contribution in [0.4, 0.5) is 10.1 Å². The topological polar surface area (TPSA) is 75.7 Å². The van der Waals surface area contributed by atoms with E-state index in [9.17, 15) is 18.8 Å². The number of anilines is 1. The third-order valence-electron chi connectivity index (χ3n) is 4.15. The number of carbonyl (C=O) groups excluding carboxylic acids is 3. The summed E-state index contributed by atoms with van der Waals surface area (Å²) in [5.41, 5.74) is 1.38. The molecule has 0 saturated heterocycles. The molecule has 2 aromatic carbocycles. The standard InChI is InChI=1S/C20H19FN2O4S/c1-13(20(26)22-10-14-6-8-15(21)9-7-14)27-19(25)11-23-16-4-2-3-5-17(16)28-12-18(23)24/h2-9,13H,10-12H2,1H3,(H,22,26)/t13-/m0/s1. The van der Waals surface area contributed by atoms with Gasteiger partial charge in [0.15, 0.2) is 6.10 Å². The van der Waals surface area contributed by atoms with Crippen LogP contribution >= 0.6 is 11.8 Å². The molecule has 0 aliphatic carbocycles. The predicted molar refractivity (Wildman–Crippen MR) is 103 cm³/mol. The number of nitrogens with zero attached hydrogens (tertiary/aromatic N) is 1. The molecule has 2 aromatic rings. The number of hydrogen-bond acceptors (Lipinski definition) is 5. The van der Waals surface area contributed by atoms with Crippen LogP contribution in [0, 0.1) is 5.82 Å². The molecule has 1 N–H and O–H groups in total. The lowest BCUT2D eigenvalue weighted by Crippen LogP contribution is -2.42. The highest BCUT2D eigenvalue weighted by Crippen LogP contribution is 2.34. The number of thioether (sulfide) groups is 1. The second kappa shape index (κ2) is 8.88. The summed E-state index contributed by atoms with van der Waals surface area (Å²) in [4.78, 5) is 38.9. The van der Waals surface area contributed by atoms with Crippen LogP contribution in [0.15, 0.2) is 53.4 Å². The highest BCUT2D eigenvalue weighted by atomic mass is 32.2. The second-order valence-corrected chi connectivity index (χ2v) is 7.23. The predicted octanol–water partition coefficient (Wildman–Crippen LogP) is 2.51. The van der Waals surface area contributed by atoms with Crippen molar-refractivity contribution in [3.63, 3.8) is 0 Å². The summed E-state index contributed by atoms with van der Waals surface area (Å²) < 4.78 is 18.1. The summed E-state index contributed by atoms with van der Waals surface area (Å²) >= 11 is 1.42. The Hall–Kier alpha value is -2.87. The van der Waals surface area contributed by atoms with Crippen molar-refractivity contribution in [2.75, 3.05) is 17.2 Å². The van der Waals surface area contributed by atoms with E-state index in [0.29, 0.717) is 5.69 Å². The molecule has 0 unspecified atom stereocenters. The fraction of sp³-hybridized carbons (Fsp3) is 0.250. The number of benzene rings is 2. The van der Waals surface area contributed by atoms with Crippen molar-refractivity contribution in [3.8, 4) is 0 Å². The number of ether oxygens (including phenoxy) is 1. The lowest BCUT2D eigenvalue weighted by molar-refractivity contribution is -0.153. The van der Waals surface area contributed by atoms with E-state index in [2.05, 4.69) is 5.32 Å². The zero-order chi connectivity index (χ0) is 20.1. The molecule has 0 radical (unpaired) electrons. The van der Waals surface area contributed by atoms with E-state index in [1.165, 1.54) is 35.7 Å². The van der Waals surface area contributed by atoms with Crippen LogP contribution in [0.25, 0.3) is 0 Å². The Labute approximate surface area is 166 Å². The number of carbonyl (C=O) groups is 3. The number of hydrogen-bond donors (Lipinski definition) is 1. The molecule has 6 nitrogen and oxygen atoms in total. The number of amides is 2. The van der Waals surface area contributed by atoms with Gasteiger partial charge in [-0.05, 0) is 36.8 Å². The summed E-state index contributed by atoms with van der Waals surface area (Å²) in [6.45, 7) is 1.39. The Morgan fingerprint density at radius 3 is 2.68 bits per heavy atom. The summed E-state index contributed by atoms with van der Waals surface area (Å²) in [7, 11) is 0. The smallest absolute Gasteiger partial charge is 0.326 e. The first-order valence-electron chi connectivity index (χ1n) is 8.68. The molecule has 1 aliphatic heterocycles. The molecular weight excluding hydrogens is 383 g/mol. The average Bonchev–Trinajstić information content (AvgIpc) is 2.69. The molecule has 1 aliphatic rings. The van der Waals surface area contributed by atoms with E-state index in [-0.39, 0.29) is 30.6 Å². The largest absolute Gasteiger partial charge is 0.451 e. The Kier molecular flexibility index (Phi) is 6.30. The van der Waals surface area contributed by atoms with Gasteiger partial charge in [-0.25, -0.2) is 4.39 Å². The monoisotopic (exact) mass is 402 g/mol. The number of fused-ring (bicyclic) bond motifs is 1. The zero-order valence-electron chi connectivity index (χ0n) is 15.2. The van der Waals surface area contributed by atoms with E-state index in [0.717, 1.165) is 10.5 Å². The quantitative estimate of drug-likeness (QED) is 0.752. The number of esters is 1. The third kappa shape index (κ3) is 4.89. The Morgan fingerprint density at radius 2 is 1.93 bits per heavy atom. The summed E-state index contributed by atoms with van der Waals surface area (Å²) in [6.07, 6.45) is -1.02. The van der Waals surface area contributed by atoms with E-state index in [4.69, 9.17) is 4.74 Å². The van der Waals surface area contributed by atoms with Gasteiger partial charge >= 0.3 is 5.97 Å². The Bertz CT molecular complexity index is 888. The van der Waals surface area contributed by atoms with Crippen LogP contribution in [-0.2, 0) is 25.7 Å². The van der Waals surface area contributed by atoms with E-state index >= 15 is 0 Å². The van der Waals surface area contributed by atoms with Crippen LogP contribution in [0.5, 0.6) is 0 Å². The van der Waals surface area contributed by atoms with Gasteiger partial charge in [0.05, 0.1) is 11.4 Å². The molecule has 146 valence electrons. The van der Waals surface area contributed by atoms with Gasteiger partial charge in [-0.2, -0.15) is 0 Å². The normalized spacial score (nSPS) is 14.2. The van der Waals surface area contributed by atoms with Crippen molar-refractivity contribution < 1.29 is 23.5 Å². The van der Waals surface area contributed by atoms with E-state index in [1.807, 2.05) is 12.1 Å². The van der Waals surface area contributed by atoms with Gasteiger partial charge in [0.1, 0.15) is 12.4 Å². The summed E-state index contributed by atoms with van der Waals surface area (Å²) in [5.74, 6) is -1.44. The van der Waals surface area contributed by atoms with Crippen LogP contribution < -0.4 is 10.2 Å². The fourth-order valence-corrected chi connectivity index (χ4v) is 3.62. The maximum Gasteiger partial charge on any atom is 0.326 e. The highest BCUT2D eigenvalue weighted by molar-refractivity contribution is 8.00. The Morgan fingerprint density at radius 1 is 1.21 bits per heavy atom. The number of para-hydroxylation sites is 1. The number of halogens is 1. The minimum absolute atomic E-state index is 0.186. The van der Waals surface area contributed by atoms with Gasteiger partial charge in [0.2, 0.25) is 5.91 Å². The minimum atomic E-state index is -1.02. The maximum absolute atomic E-state index is 12.9. The molecule has 8 heteroatoms. The van der Waals surface area contributed by atoms with Gasteiger partial charge in [0.25, 0.3) is 5.91 Å². The molecule has 0 aromatic heterocycles. The molecule has 0 spiro atoms. The van der Waals surface area contributed by atoms with Crippen molar-refractivity contribution in [1.29, 1.82) is 0 Å². The van der Waals surface area contributed by atoms with E-state index in [1.54, 1.807) is 24.3 Å².